The molecule has 0 bridgehead atoms. The molecule has 0 spiro atoms. The number of aromatic nitrogens is 4. The Morgan fingerprint density at radius 3 is 1.81 bits per heavy atom. The minimum atomic E-state index is 0.118. The van der Waals surface area contributed by atoms with Crippen molar-refractivity contribution in [1.29, 1.82) is 0 Å². The van der Waals surface area contributed by atoms with E-state index >= 15 is 0 Å². The predicted molar refractivity (Wildman–Crippen MR) is 208 cm³/mol. The second-order valence-corrected chi connectivity index (χ2v) is 13.6. The molecule has 1 aliphatic carbocycles. The van der Waals surface area contributed by atoms with Crippen LogP contribution in [0.25, 0.3) is 94.9 Å². The Labute approximate surface area is 298 Å². The van der Waals surface area contributed by atoms with Gasteiger partial charge >= 0.3 is 0 Å². The minimum absolute atomic E-state index is 0.118. The normalized spacial score (nSPS) is 14.0. The maximum atomic E-state index is 6.88. The Morgan fingerprint density at radius 2 is 1.13 bits per heavy atom. The number of rotatable bonds is 4. The molecule has 4 heterocycles. The van der Waals surface area contributed by atoms with Gasteiger partial charge < -0.3 is 13.4 Å². The molecule has 6 nitrogen and oxygen atoms in total. The largest absolute Gasteiger partial charge is 0.459 e. The second kappa shape index (κ2) is 11.1. The van der Waals surface area contributed by atoms with E-state index in [0.717, 1.165) is 67.8 Å². The Bertz CT molecular complexity index is 2900. The van der Waals surface area contributed by atoms with Crippen LogP contribution in [-0.2, 0) is 6.42 Å². The summed E-state index contributed by atoms with van der Waals surface area (Å²) >= 11 is 0. The molecule has 1 atom stereocenters. The molecule has 10 aromatic rings. The van der Waals surface area contributed by atoms with E-state index in [4.69, 9.17) is 23.8 Å². The van der Waals surface area contributed by atoms with Crippen LogP contribution in [0.3, 0.4) is 0 Å². The van der Waals surface area contributed by atoms with Crippen LogP contribution >= 0.6 is 0 Å². The van der Waals surface area contributed by atoms with Crippen LogP contribution in [0.1, 0.15) is 24.2 Å². The van der Waals surface area contributed by atoms with E-state index in [0.29, 0.717) is 17.5 Å². The van der Waals surface area contributed by atoms with E-state index in [1.54, 1.807) is 0 Å². The van der Waals surface area contributed by atoms with Gasteiger partial charge in [0.05, 0.1) is 27.8 Å². The minimum Gasteiger partial charge on any atom is -0.459 e. The first kappa shape index (κ1) is 29.0. The van der Waals surface area contributed by atoms with Gasteiger partial charge in [-0.15, -0.1) is 0 Å². The molecule has 246 valence electrons. The highest BCUT2D eigenvalue weighted by Gasteiger charge is 2.34. The quantitative estimate of drug-likeness (QED) is 0.186. The Morgan fingerprint density at radius 1 is 0.558 bits per heavy atom. The standard InChI is InChI=1S/C46H30N4O2/c1-27-26-34-39-37(50-35-22-10-8-18-30(35)31-19-9-11-23-36(31)50)24-13-25-38(39)51-43(34)40-32-20-12-21-33(42(32)52-41(27)40)46-48-44(28-14-4-2-5-15-28)47-45(49-46)29-16-6-3-7-17-29/h2-25,27H,26H2,1H3. The predicted octanol–water partition coefficient (Wildman–Crippen LogP) is 11.8. The average molecular weight is 671 g/mol. The van der Waals surface area contributed by atoms with E-state index in [1.807, 2.05) is 66.7 Å². The molecular formula is C46H30N4O2. The highest BCUT2D eigenvalue weighted by atomic mass is 16.4. The molecule has 1 aliphatic rings. The van der Waals surface area contributed by atoms with Gasteiger partial charge in [-0.25, -0.2) is 15.0 Å². The van der Waals surface area contributed by atoms with E-state index in [9.17, 15) is 0 Å². The molecule has 0 radical (unpaired) electrons. The molecule has 0 aliphatic heterocycles. The van der Waals surface area contributed by atoms with Crippen molar-refractivity contribution in [3.8, 4) is 51.2 Å². The first-order valence-corrected chi connectivity index (χ1v) is 17.7. The zero-order valence-corrected chi connectivity index (χ0v) is 28.2. The summed E-state index contributed by atoms with van der Waals surface area (Å²) in [4.78, 5) is 15.0. The smallest absolute Gasteiger partial charge is 0.167 e. The van der Waals surface area contributed by atoms with Crippen LogP contribution in [0, 0.1) is 0 Å². The number of hydrogen-bond acceptors (Lipinski definition) is 5. The van der Waals surface area contributed by atoms with E-state index in [1.165, 1.54) is 27.4 Å². The molecule has 0 saturated carbocycles. The van der Waals surface area contributed by atoms with Crippen molar-refractivity contribution < 1.29 is 8.83 Å². The van der Waals surface area contributed by atoms with Gasteiger partial charge in [-0.3, -0.25) is 0 Å². The molecule has 0 amide bonds. The summed E-state index contributed by atoms with van der Waals surface area (Å²) in [6.45, 7) is 2.25. The summed E-state index contributed by atoms with van der Waals surface area (Å²) in [6.07, 6.45) is 0.792. The fourth-order valence-electron chi connectivity index (χ4n) is 8.18. The molecule has 6 aromatic carbocycles. The van der Waals surface area contributed by atoms with Gasteiger partial charge in [-0.2, -0.15) is 0 Å². The van der Waals surface area contributed by atoms with E-state index in [2.05, 4.69) is 90.4 Å². The lowest BCUT2D eigenvalue weighted by molar-refractivity contribution is 0.494. The van der Waals surface area contributed by atoms with Crippen LogP contribution < -0.4 is 0 Å². The highest BCUT2D eigenvalue weighted by Crippen LogP contribution is 2.51. The number of para-hydroxylation sites is 3. The molecule has 0 saturated heterocycles. The third-order valence-corrected chi connectivity index (χ3v) is 10.5. The zero-order chi connectivity index (χ0) is 34.3. The van der Waals surface area contributed by atoms with Crippen molar-refractivity contribution in [3.05, 3.63) is 157 Å². The Kier molecular flexibility index (Phi) is 6.19. The molecule has 1 unspecified atom stereocenters. The lowest BCUT2D eigenvalue weighted by atomic mass is 9.85. The zero-order valence-electron chi connectivity index (χ0n) is 28.2. The van der Waals surface area contributed by atoms with Crippen molar-refractivity contribution in [2.24, 2.45) is 0 Å². The van der Waals surface area contributed by atoms with Gasteiger partial charge in [-0.1, -0.05) is 122 Å². The summed E-state index contributed by atoms with van der Waals surface area (Å²) in [5, 5.41) is 4.60. The van der Waals surface area contributed by atoms with Gasteiger partial charge in [-0.05, 0) is 36.8 Å². The molecule has 52 heavy (non-hydrogen) atoms. The van der Waals surface area contributed by atoms with Gasteiger partial charge in [0, 0.05) is 44.2 Å². The van der Waals surface area contributed by atoms with Crippen molar-refractivity contribution in [1.82, 2.24) is 19.5 Å². The van der Waals surface area contributed by atoms with E-state index < -0.39 is 0 Å². The number of furan rings is 2. The maximum absolute atomic E-state index is 6.88. The monoisotopic (exact) mass is 670 g/mol. The average Bonchev–Trinajstić information content (AvgIpc) is 3.89. The Hall–Kier alpha value is -6.79. The van der Waals surface area contributed by atoms with Crippen LogP contribution in [-0.4, -0.2) is 19.5 Å². The summed E-state index contributed by atoms with van der Waals surface area (Å²) in [5.74, 6) is 3.71. The maximum Gasteiger partial charge on any atom is 0.167 e. The fourth-order valence-corrected chi connectivity index (χ4v) is 8.18. The summed E-state index contributed by atoms with van der Waals surface area (Å²) in [6, 6.07) is 50.0. The second-order valence-electron chi connectivity index (χ2n) is 13.6. The highest BCUT2D eigenvalue weighted by molar-refractivity contribution is 6.11. The molecule has 0 N–H and O–H groups in total. The van der Waals surface area contributed by atoms with Crippen LogP contribution in [0.5, 0.6) is 0 Å². The van der Waals surface area contributed by atoms with Crippen molar-refractivity contribution in [2.45, 2.75) is 19.3 Å². The molecular weight excluding hydrogens is 641 g/mol. The molecule has 4 aromatic heterocycles. The number of nitrogens with zero attached hydrogens (tertiary/aromatic N) is 4. The fraction of sp³-hybridized carbons (Fsp3) is 0.0652. The first-order valence-electron chi connectivity index (χ1n) is 17.7. The summed E-state index contributed by atoms with van der Waals surface area (Å²) in [5.41, 5.74) is 9.98. The van der Waals surface area contributed by atoms with Crippen LogP contribution in [0.2, 0.25) is 0 Å². The van der Waals surface area contributed by atoms with Crippen molar-refractivity contribution >= 4 is 43.7 Å². The van der Waals surface area contributed by atoms with Gasteiger partial charge in [0.25, 0.3) is 0 Å². The number of fused-ring (bicyclic) bond motifs is 10. The lowest BCUT2D eigenvalue weighted by Gasteiger charge is -2.18. The molecule has 6 heteroatoms. The molecule has 11 rings (SSSR count). The van der Waals surface area contributed by atoms with Crippen LogP contribution in [0.4, 0.5) is 0 Å². The van der Waals surface area contributed by atoms with Crippen LogP contribution in [0.15, 0.2) is 154 Å². The molecule has 0 fully saturated rings. The topological polar surface area (TPSA) is 69.9 Å². The summed E-state index contributed by atoms with van der Waals surface area (Å²) in [7, 11) is 0. The lowest BCUT2D eigenvalue weighted by Crippen LogP contribution is -2.06. The SMILES string of the molecule is CC1Cc2c(oc3cccc(-n4c5ccccc5c5ccccc54)c23)-c2c1oc1c(-c3nc(-c4ccccc4)nc(-c4ccccc4)n3)cccc21. The summed E-state index contributed by atoms with van der Waals surface area (Å²) < 4.78 is 16.2. The number of hydrogen-bond donors (Lipinski definition) is 0. The third kappa shape index (κ3) is 4.21. The van der Waals surface area contributed by atoms with Gasteiger partial charge in [0.15, 0.2) is 17.5 Å². The van der Waals surface area contributed by atoms with Gasteiger partial charge in [0.2, 0.25) is 0 Å². The third-order valence-electron chi connectivity index (χ3n) is 10.5. The van der Waals surface area contributed by atoms with E-state index in [-0.39, 0.29) is 5.92 Å². The van der Waals surface area contributed by atoms with Crippen molar-refractivity contribution in [2.75, 3.05) is 0 Å². The number of benzene rings is 6. The Balaban J connectivity index is 1.14. The first-order chi connectivity index (χ1) is 25.7. The van der Waals surface area contributed by atoms with Crippen molar-refractivity contribution in [3.63, 3.8) is 0 Å². The van der Waals surface area contributed by atoms with Gasteiger partial charge in [0.1, 0.15) is 22.7 Å².